The Morgan fingerprint density at radius 2 is 2.38 bits per heavy atom. The molecule has 2 heterocycles. The van der Waals surface area contributed by atoms with Crippen LogP contribution in [0.4, 0.5) is 10.4 Å². The largest absolute Gasteiger partial charge is 0.424 e. The molecule has 2 aromatic rings. The number of benzene rings is 1. The van der Waals surface area contributed by atoms with Crippen molar-refractivity contribution in [3.63, 3.8) is 0 Å². The Morgan fingerprint density at radius 1 is 1.52 bits per heavy atom. The maximum atomic E-state index is 13.1. The summed E-state index contributed by atoms with van der Waals surface area (Å²) in [5.74, 6) is -0.464. The van der Waals surface area contributed by atoms with Gasteiger partial charge in [0.15, 0.2) is 5.58 Å². The van der Waals surface area contributed by atoms with E-state index >= 15 is 0 Å². The van der Waals surface area contributed by atoms with Crippen LogP contribution in [0.2, 0.25) is 0 Å². The number of anilines is 1. The van der Waals surface area contributed by atoms with E-state index in [0.29, 0.717) is 30.6 Å². The van der Waals surface area contributed by atoms with Crippen molar-refractivity contribution in [1.82, 2.24) is 9.88 Å². The molecule has 1 atom stereocenters. The number of amides is 1. The number of aliphatic hydroxyl groups is 1. The molecular weight excluding hydrogens is 277 g/mol. The molecule has 1 aliphatic heterocycles. The van der Waals surface area contributed by atoms with E-state index in [-0.39, 0.29) is 24.3 Å². The van der Waals surface area contributed by atoms with E-state index in [4.69, 9.17) is 9.52 Å². The highest BCUT2D eigenvalue weighted by Crippen LogP contribution is 2.22. The van der Waals surface area contributed by atoms with E-state index in [1.54, 1.807) is 4.90 Å². The number of hydrogen-bond acceptors (Lipinski definition) is 5. The third kappa shape index (κ3) is 2.82. The predicted octanol–water partition coefficient (Wildman–Crippen LogP) is 1.36. The van der Waals surface area contributed by atoms with Gasteiger partial charge in [-0.15, -0.1) is 0 Å². The fraction of sp³-hybridized carbons (Fsp3) is 0.429. The summed E-state index contributed by atoms with van der Waals surface area (Å²) in [5.41, 5.74) is 0.877. The first-order valence-corrected chi connectivity index (χ1v) is 6.89. The molecule has 3 rings (SSSR count). The lowest BCUT2D eigenvalue weighted by molar-refractivity contribution is -0.134. The lowest BCUT2D eigenvalue weighted by atomic mass is 10.1. The van der Waals surface area contributed by atoms with Gasteiger partial charge in [-0.1, -0.05) is 0 Å². The minimum atomic E-state index is -0.428. The van der Waals surface area contributed by atoms with E-state index in [2.05, 4.69) is 10.3 Å². The zero-order valence-electron chi connectivity index (χ0n) is 11.4. The van der Waals surface area contributed by atoms with Crippen molar-refractivity contribution in [2.75, 3.05) is 25.0 Å². The number of piperidine rings is 1. The Bertz CT molecular complexity index is 656. The van der Waals surface area contributed by atoms with Crippen LogP contribution in [0.25, 0.3) is 11.1 Å². The molecular formula is C14H16FN3O3. The molecule has 0 bridgehead atoms. The molecule has 1 saturated heterocycles. The third-order valence-corrected chi connectivity index (χ3v) is 3.55. The van der Waals surface area contributed by atoms with Crippen molar-refractivity contribution in [1.29, 1.82) is 0 Å². The van der Waals surface area contributed by atoms with Gasteiger partial charge in [0, 0.05) is 19.2 Å². The van der Waals surface area contributed by atoms with Crippen LogP contribution >= 0.6 is 0 Å². The van der Waals surface area contributed by atoms with Gasteiger partial charge >= 0.3 is 0 Å². The molecule has 0 spiro atoms. The topological polar surface area (TPSA) is 78.6 Å². The van der Waals surface area contributed by atoms with E-state index in [9.17, 15) is 9.18 Å². The number of nitrogens with one attached hydrogen (secondary N) is 1. The van der Waals surface area contributed by atoms with Gasteiger partial charge in [-0.05, 0) is 25.0 Å². The van der Waals surface area contributed by atoms with Crippen LogP contribution in [0, 0.1) is 5.82 Å². The number of aromatic nitrogens is 1. The Hall–Kier alpha value is -2.15. The number of hydrogen-bond donors (Lipinski definition) is 2. The summed E-state index contributed by atoms with van der Waals surface area (Å²) in [4.78, 5) is 18.0. The monoisotopic (exact) mass is 293 g/mol. The van der Waals surface area contributed by atoms with E-state index < -0.39 is 6.04 Å². The van der Waals surface area contributed by atoms with Gasteiger partial charge in [0.25, 0.3) is 6.01 Å². The number of aliphatic hydroxyl groups excluding tert-OH is 1. The molecule has 6 nitrogen and oxygen atoms in total. The van der Waals surface area contributed by atoms with Crippen LogP contribution in [-0.4, -0.2) is 46.6 Å². The second kappa shape index (κ2) is 5.69. The second-order valence-corrected chi connectivity index (χ2v) is 5.02. The number of rotatable bonds is 4. The summed E-state index contributed by atoms with van der Waals surface area (Å²) in [7, 11) is 0. The number of nitrogens with zero attached hydrogens (tertiary/aromatic N) is 2. The first-order valence-electron chi connectivity index (χ1n) is 6.89. The molecule has 1 aromatic carbocycles. The van der Waals surface area contributed by atoms with Crippen LogP contribution in [-0.2, 0) is 4.79 Å². The number of fused-ring (bicyclic) bond motifs is 1. The minimum absolute atomic E-state index is 0.0549. The zero-order valence-corrected chi connectivity index (χ0v) is 11.4. The van der Waals surface area contributed by atoms with Crippen LogP contribution in [0.15, 0.2) is 22.6 Å². The van der Waals surface area contributed by atoms with Crippen molar-refractivity contribution in [3.8, 4) is 0 Å². The third-order valence-electron chi connectivity index (χ3n) is 3.55. The molecule has 0 saturated carbocycles. The average molecular weight is 293 g/mol. The average Bonchev–Trinajstić information content (AvgIpc) is 2.85. The van der Waals surface area contributed by atoms with E-state index in [0.717, 1.165) is 6.42 Å². The van der Waals surface area contributed by atoms with Crippen molar-refractivity contribution in [2.45, 2.75) is 18.9 Å². The minimum Gasteiger partial charge on any atom is -0.424 e. The first-order chi connectivity index (χ1) is 10.2. The van der Waals surface area contributed by atoms with E-state index in [1.165, 1.54) is 18.2 Å². The van der Waals surface area contributed by atoms with E-state index in [1.807, 2.05) is 0 Å². The van der Waals surface area contributed by atoms with Crippen molar-refractivity contribution in [2.24, 2.45) is 0 Å². The summed E-state index contributed by atoms with van der Waals surface area (Å²) in [5, 5.41) is 11.9. The number of oxazole rings is 1. The van der Waals surface area contributed by atoms with Gasteiger partial charge in [0.2, 0.25) is 5.91 Å². The van der Waals surface area contributed by atoms with Crippen LogP contribution in [0.5, 0.6) is 0 Å². The van der Waals surface area contributed by atoms with Crippen LogP contribution in [0.3, 0.4) is 0 Å². The number of β-amino-alcohol motifs (C(OH)–C–C–N with tert-alkyl or cyclic N) is 1. The number of halogens is 1. The highest BCUT2D eigenvalue weighted by Gasteiger charge is 2.29. The number of carbonyl (C=O) groups is 1. The first kappa shape index (κ1) is 13.8. The molecule has 2 N–H and O–H groups in total. The van der Waals surface area contributed by atoms with Gasteiger partial charge in [-0.3, -0.25) is 4.79 Å². The van der Waals surface area contributed by atoms with Crippen molar-refractivity contribution in [3.05, 3.63) is 24.0 Å². The highest BCUT2D eigenvalue weighted by molar-refractivity contribution is 5.85. The summed E-state index contributed by atoms with van der Waals surface area (Å²) in [6.45, 7) is 0.923. The van der Waals surface area contributed by atoms with Gasteiger partial charge in [0.05, 0.1) is 6.61 Å². The second-order valence-electron chi connectivity index (χ2n) is 5.02. The lowest BCUT2D eigenvalue weighted by Gasteiger charge is -2.31. The lowest BCUT2D eigenvalue weighted by Crippen LogP contribution is -2.48. The maximum absolute atomic E-state index is 13.1. The summed E-state index contributed by atoms with van der Waals surface area (Å²) >= 11 is 0. The SMILES string of the molecule is O=C1C(Nc2nc3cc(F)ccc3o2)CCCN1CCO. The normalized spacial score (nSPS) is 19.2. The number of carbonyl (C=O) groups excluding carboxylic acids is 1. The molecule has 1 amide bonds. The molecule has 112 valence electrons. The van der Waals surface area contributed by atoms with Crippen LogP contribution < -0.4 is 5.32 Å². The van der Waals surface area contributed by atoms with Crippen LogP contribution in [0.1, 0.15) is 12.8 Å². The van der Waals surface area contributed by atoms with Gasteiger partial charge in [-0.25, -0.2) is 4.39 Å². The summed E-state index contributed by atoms with van der Waals surface area (Å²) in [6, 6.07) is 3.86. The summed E-state index contributed by atoms with van der Waals surface area (Å²) < 4.78 is 18.6. The Morgan fingerprint density at radius 3 is 3.19 bits per heavy atom. The molecule has 1 aromatic heterocycles. The Kier molecular flexibility index (Phi) is 3.74. The highest BCUT2D eigenvalue weighted by atomic mass is 19.1. The molecule has 1 fully saturated rings. The van der Waals surface area contributed by atoms with Gasteiger partial charge in [0.1, 0.15) is 17.4 Å². The molecule has 1 unspecified atom stereocenters. The molecule has 0 radical (unpaired) electrons. The molecule has 21 heavy (non-hydrogen) atoms. The van der Waals surface area contributed by atoms with Gasteiger partial charge in [-0.2, -0.15) is 4.98 Å². The molecule has 0 aliphatic carbocycles. The maximum Gasteiger partial charge on any atom is 0.296 e. The summed E-state index contributed by atoms with van der Waals surface area (Å²) in [6.07, 6.45) is 1.52. The molecule has 1 aliphatic rings. The van der Waals surface area contributed by atoms with Gasteiger partial charge < -0.3 is 19.7 Å². The van der Waals surface area contributed by atoms with Crippen molar-refractivity contribution < 1.29 is 18.7 Å². The zero-order chi connectivity index (χ0) is 14.8. The molecule has 7 heteroatoms. The number of likely N-dealkylation sites (tertiary alicyclic amines) is 1. The standard InChI is InChI=1S/C14H16FN3O3/c15-9-3-4-12-11(8-9)17-14(21-12)16-10-2-1-5-18(6-7-19)13(10)20/h3-4,8,10,19H,1-2,5-7H2,(H,16,17). The Balaban J connectivity index is 1.76. The fourth-order valence-electron chi connectivity index (χ4n) is 2.53. The van der Waals surface area contributed by atoms with Crippen molar-refractivity contribution >= 4 is 23.0 Å². The smallest absolute Gasteiger partial charge is 0.296 e. The fourth-order valence-corrected chi connectivity index (χ4v) is 2.53. The predicted molar refractivity (Wildman–Crippen MR) is 74.3 cm³/mol. The quantitative estimate of drug-likeness (QED) is 0.890. The Labute approximate surface area is 120 Å².